The normalized spacial score (nSPS) is 14.8. The van der Waals surface area contributed by atoms with Crippen molar-refractivity contribution >= 4 is 115 Å². The van der Waals surface area contributed by atoms with E-state index in [4.69, 9.17) is 5.73 Å². The maximum Gasteiger partial charge on any atom is 0.419 e. The van der Waals surface area contributed by atoms with Crippen LogP contribution in [0.5, 0.6) is 23.0 Å². The number of nitrogens with zero attached hydrogens (tertiary/aromatic N) is 8. The molecular weight excluding hydrogens is 1620 g/mol. The van der Waals surface area contributed by atoms with E-state index in [9.17, 15) is 38.7 Å². The molecule has 0 spiro atoms. The topological polar surface area (TPSA) is 300 Å². The number of rotatable bonds is 7. The number of aryl methyl sites for hydroxylation is 5. The second-order valence-electron chi connectivity index (χ2n) is 35.1. The first-order chi connectivity index (χ1) is 62.9. The summed E-state index contributed by atoms with van der Waals surface area (Å²) in [6, 6.07) is 55.5. The lowest BCUT2D eigenvalue weighted by Crippen LogP contribution is -2.20. The van der Waals surface area contributed by atoms with Crippen LogP contribution in [-0.4, -0.2) is 110 Å². The Morgan fingerprint density at radius 2 is 0.690 bits per heavy atom. The highest BCUT2D eigenvalue weighted by Gasteiger charge is 2.35. The Bertz CT molecular complexity index is 7780. The number of alkyl halides is 3. The summed E-state index contributed by atoms with van der Waals surface area (Å²) in [5.41, 5.74) is 39.3. The number of hydrogen-bond donors (Lipinski definition) is 11. The molecule has 0 aliphatic heterocycles. The van der Waals surface area contributed by atoms with E-state index in [0.29, 0.717) is 35.1 Å². The molecule has 20 aromatic rings. The number of nitrogen functional groups attached to an aromatic ring is 1. The van der Waals surface area contributed by atoms with E-state index in [1.807, 2.05) is 99.5 Å². The summed E-state index contributed by atoms with van der Waals surface area (Å²) < 4.78 is 39.9. The number of phenols is 4. The lowest BCUT2D eigenvalue weighted by atomic mass is 9.84. The van der Waals surface area contributed by atoms with Crippen LogP contribution in [0.1, 0.15) is 125 Å². The molecule has 5 aliphatic rings. The van der Waals surface area contributed by atoms with E-state index in [1.54, 1.807) is 42.9 Å². The summed E-state index contributed by atoms with van der Waals surface area (Å²) in [6.45, 7) is 0.718. The van der Waals surface area contributed by atoms with E-state index < -0.39 is 17.5 Å². The summed E-state index contributed by atoms with van der Waals surface area (Å²) in [4.78, 5) is 50.6. The van der Waals surface area contributed by atoms with Gasteiger partial charge in [-0.3, -0.25) is 24.9 Å². The van der Waals surface area contributed by atoms with Gasteiger partial charge in [-0.2, -0.15) is 13.2 Å². The average molecular weight is 1710 g/mol. The van der Waals surface area contributed by atoms with Gasteiger partial charge in [0.25, 0.3) is 0 Å². The van der Waals surface area contributed by atoms with Crippen molar-refractivity contribution in [1.82, 2.24) is 64.7 Å². The number of phenolic OH excluding ortho intramolecular Hbond substituents is 4. The highest BCUT2D eigenvalue weighted by molar-refractivity contribution is 6.13. The summed E-state index contributed by atoms with van der Waals surface area (Å²) >= 11 is 0. The fourth-order valence-corrected chi connectivity index (χ4v) is 21.0. The van der Waals surface area contributed by atoms with Crippen molar-refractivity contribution < 1.29 is 38.7 Å². The van der Waals surface area contributed by atoms with Crippen molar-refractivity contribution in [3.05, 3.63) is 286 Å². The van der Waals surface area contributed by atoms with Crippen LogP contribution in [-0.2, 0) is 76.9 Å². The molecule has 11 heterocycles. The Morgan fingerprint density at radius 1 is 0.349 bits per heavy atom. The molecule has 11 aromatic heterocycles. The van der Waals surface area contributed by atoms with Crippen LogP contribution in [0.2, 0.25) is 0 Å². The zero-order valence-electron chi connectivity index (χ0n) is 71.5. The molecule has 19 nitrogen and oxygen atoms in total. The summed E-state index contributed by atoms with van der Waals surface area (Å²) in [5, 5.41) is 62.0. The monoisotopic (exact) mass is 1710 g/mol. The number of anilines is 1. The number of nitrogens with one attached hydrogen (secondary N) is 5. The second-order valence-corrected chi connectivity index (χ2v) is 35.1. The number of aromatic nitrogens is 12. The smallest absolute Gasteiger partial charge is 0.419 e. The van der Waals surface area contributed by atoms with Crippen LogP contribution in [0.25, 0.3) is 165 Å². The standard InChI is InChI=1S/C24H25N3O.C22H17F3N2O.C21H18N2O2.C21H18N2O.C19H17N5/c1-27(2)14-16-13-15(7-10-22(16)28)24-18-6-4-3-5-17(18)23-19-11-12-25-20(19)8-9-21(23)26-24;23-22(24,25)16-11-12(5-8-19(16)28)21-14-4-2-1-3-13(14)20-15-9-10-26-17(15)6-7-18(20)27-21;24-13-3-1-12(2-4-13)21-17-11-14(25)5-6-15(17)20-16-9-10-22-18(16)7-8-19(20)23-21;24-14-5-3-4-13(12-14)21-16-7-2-1-6-15(16)20-17-10-11-22-18(17)8-9-19(20)23-21;20-19-22-9-11(10-23-19)18-13-4-2-1-3-12(13)17-14-7-8-21-15(14)5-6-16(17)24-18/h7-13,26,28H,3-6,14H2,1-2H3;5-11,27-28H,1-4H2;1-4,7-10,14,23-25H,5-6,11H2;3-5,8-12,23-24H,1-2,6-7H2;5-10,24H,1-4H2,(H2,20,22,23). The molecule has 12 N–H and O–H groups in total. The van der Waals surface area contributed by atoms with Gasteiger partial charge in [-0.15, -0.1) is 0 Å². The predicted octanol–water partition coefficient (Wildman–Crippen LogP) is 23.6. The van der Waals surface area contributed by atoms with Gasteiger partial charge in [0, 0.05) is 177 Å². The van der Waals surface area contributed by atoms with E-state index in [1.165, 1.54) is 143 Å². The molecule has 22 heteroatoms. The number of aliphatic hydroxyl groups excluding tert-OH is 1. The molecule has 0 radical (unpaired) electrons. The summed E-state index contributed by atoms with van der Waals surface area (Å²) in [6.07, 6.45) is 28.0. The zero-order valence-corrected chi connectivity index (χ0v) is 71.5. The number of halogens is 3. The number of fused-ring (bicyclic) bond motifs is 25. The Hall–Kier alpha value is -14.5. The van der Waals surface area contributed by atoms with Crippen molar-refractivity contribution in [3.63, 3.8) is 0 Å². The molecule has 0 amide bonds. The third kappa shape index (κ3) is 15.3. The quantitative estimate of drug-likeness (QED) is 0.0707. The molecule has 5 aliphatic carbocycles. The molecule has 0 saturated heterocycles. The zero-order chi connectivity index (χ0) is 87.9. The molecule has 644 valence electrons. The van der Waals surface area contributed by atoms with Gasteiger partial charge in [-0.05, 0) is 366 Å². The van der Waals surface area contributed by atoms with Crippen molar-refractivity contribution in [2.24, 2.45) is 0 Å². The third-order valence-electron chi connectivity index (χ3n) is 26.8. The SMILES string of the molecule is CN(C)Cc1cc(-c2[nH]c3ccc4nccc4c3c3c2CCCC3)ccc1O.Nc1ncc(-c2[nH]c3ccc4nccc4c3c3c2CCCC3)cn1.Oc1ccc(-c2[nH]c3ccc4nccc4c3c3c2CC(O)CC3)cc1.Oc1ccc(-c2[nH]c3ccc4nccc4c3c3c2CCCC3)cc1C(F)(F)F.Oc1cccc(-c2[nH]c3ccc4nccc4c3c3c2CCCC3)c1. The van der Waals surface area contributed by atoms with Gasteiger partial charge in [0.1, 0.15) is 23.0 Å². The number of aromatic hydroxyl groups is 4. The van der Waals surface area contributed by atoms with Crippen molar-refractivity contribution in [2.75, 3.05) is 19.8 Å². The van der Waals surface area contributed by atoms with Gasteiger partial charge in [-0.1, -0.05) is 12.1 Å². The molecule has 9 aromatic carbocycles. The van der Waals surface area contributed by atoms with Crippen LogP contribution in [0.3, 0.4) is 0 Å². The number of aromatic amines is 5. The Labute approximate surface area is 740 Å². The highest BCUT2D eigenvalue weighted by atomic mass is 19.4. The predicted molar refractivity (Wildman–Crippen MR) is 509 cm³/mol. The van der Waals surface area contributed by atoms with E-state index in [-0.39, 0.29) is 11.9 Å². The number of aliphatic hydroxyl groups is 1. The van der Waals surface area contributed by atoms with Crippen molar-refractivity contribution in [1.29, 1.82) is 0 Å². The molecule has 0 fully saturated rings. The molecule has 1 unspecified atom stereocenters. The fraction of sp³-hybridized carbons (Fsp3) is 0.224. The maximum absolute atomic E-state index is 13.3. The van der Waals surface area contributed by atoms with Crippen LogP contribution in [0, 0.1) is 0 Å². The first-order valence-corrected chi connectivity index (χ1v) is 44.7. The Kier molecular flexibility index (Phi) is 21.3. The molecule has 129 heavy (non-hydrogen) atoms. The largest absolute Gasteiger partial charge is 0.508 e. The lowest BCUT2D eigenvalue weighted by molar-refractivity contribution is -0.138. The Balaban J connectivity index is 0.0000000979. The van der Waals surface area contributed by atoms with E-state index in [2.05, 4.69) is 144 Å². The maximum atomic E-state index is 13.3. The van der Waals surface area contributed by atoms with Gasteiger partial charge < -0.3 is 61.1 Å². The van der Waals surface area contributed by atoms with Crippen LogP contribution in [0.4, 0.5) is 19.1 Å². The number of benzene rings is 9. The van der Waals surface area contributed by atoms with Crippen LogP contribution >= 0.6 is 0 Å². The second kappa shape index (κ2) is 33.7. The molecule has 0 bridgehead atoms. The molecular formula is C107H95F3N14O5. The summed E-state index contributed by atoms with van der Waals surface area (Å²) in [7, 11) is 4.05. The van der Waals surface area contributed by atoms with Crippen LogP contribution < -0.4 is 5.73 Å². The number of pyridine rings is 5. The minimum Gasteiger partial charge on any atom is -0.508 e. The van der Waals surface area contributed by atoms with Gasteiger partial charge in [0.05, 0.1) is 44.9 Å². The van der Waals surface area contributed by atoms with E-state index >= 15 is 0 Å². The van der Waals surface area contributed by atoms with Gasteiger partial charge in [0.2, 0.25) is 5.95 Å². The first kappa shape index (κ1) is 81.6. The van der Waals surface area contributed by atoms with Gasteiger partial charge in [0.15, 0.2) is 0 Å². The lowest BCUT2D eigenvalue weighted by Gasteiger charge is -2.26. The molecule has 0 saturated carbocycles. The highest BCUT2D eigenvalue weighted by Crippen LogP contribution is 2.47. The minimum atomic E-state index is -4.61. The molecule has 1 atom stereocenters. The molecule has 25 rings (SSSR count). The van der Waals surface area contributed by atoms with E-state index in [0.717, 1.165) is 207 Å². The minimum absolute atomic E-state index is 0.253. The van der Waals surface area contributed by atoms with Crippen LogP contribution in [0.15, 0.2) is 219 Å². The van der Waals surface area contributed by atoms with Crippen molar-refractivity contribution in [3.8, 4) is 79.3 Å². The van der Waals surface area contributed by atoms with Gasteiger partial charge >= 0.3 is 6.18 Å². The fourth-order valence-electron chi connectivity index (χ4n) is 21.0. The summed E-state index contributed by atoms with van der Waals surface area (Å²) in [5.74, 6) is 0.467. The van der Waals surface area contributed by atoms with Crippen molar-refractivity contribution in [2.45, 2.75) is 141 Å². The number of H-pyrrole nitrogens is 5. The number of nitrogens with two attached hydrogens (primary N) is 1. The first-order valence-electron chi connectivity index (χ1n) is 44.7. The Morgan fingerprint density at radius 3 is 1.07 bits per heavy atom. The average Bonchev–Trinajstić information content (AvgIpc) is 1.75. The number of hydrogen-bond acceptors (Lipinski definition) is 14. The van der Waals surface area contributed by atoms with Gasteiger partial charge in [-0.25, -0.2) is 9.97 Å². The third-order valence-corrected chi connectivity index (χ3v) is 26.8.